The van der Waals surface area contributed by atoms with E-state index in [1.54, 1.807) is 18.2 Å². The molecule has 0 aromatic heterocycles. The molecule has 2 amide bonds. The van der Waals surface area contributed by atoms with Crippen LogP contribution in [0, 0.1) is 11.7 Å². The second-order valence-electron chi connectivity index (χ2n) is 7.57. The van der Waals surface area contributed by atoms with Gasteiger partial charge in [0.1, 0.15) is 10.2 Å². The second-order valence-corrected chi connectivity index (χ2v) is 11.0. The third-order valence-corrected chi connectivity index (χ3v) is 8.46. The minimum absolute atomic E-state index is 0.116. The number of rotatable bonds is 5. The molecule has 2 atom stereocenters. The minimum Gasteiger partial charge on any atom is -0.326 e. The molecule has 176 valence electrons. The van der Waals surface area contributed by atoms with Crippen molar-refractivity contribution >= 4 is 97.1 Å². The van der Waals surface area contributed by atoms with Gasteiger partial charge in [0.05, 0.1) is 31.0 Å². The highest BCUT2D eigenvalue weighted by atomic mass is 79.9. The number of nitrogens with one attached hydrogen (secondary N) is 2. The molecule has 0 spiro atoms. The largest absolute Gasteiger partial charge is 0.326 e. The van der Waals surface area contributed by atoms with Crippen LogP contribution in [-0.4, -0.2) is 16.1 Å². The van der Waals surface area contributed by atoms with Gasteiger partial charge in [0.15, 0.2) is 0 Å². The summed E-state index contributed by atoms with van der Waals surface area (Å²) in [5.41, 5.74) is 1.45. The standard InChI is InChI=1S/C23H13BrCl5FN2O2/c24-20-16(26)7-10(8-17(20)27)18-19(23(18,28)29)22(34)32-13-5-6-15(25)14(9-13)21(33)31-12-3-1-11(30)2-4-12/h1-9,18-19H,(H,31,33)(H,32,34). The Morgan fingerprint density at radius 3 is 2.06 bits per heavy atom. The molecule has 1 saturated carbocycles. The molecule has 0 radical (unpaired) electrons. The summed E-state index contributed by atoms with van der Waals surface area (Å²) < 4.78 is 12.3. The first-order valence-corrected chi connectivity index (χ1v) is 12.4. The third kappa shape index (κ3) is 5.18. The van der Waals surface area contributed by atoms with Crippen molar-refractivity contribution in [1.29, 1.82) is 0 Å². The molecule has 3 aromatic rings. The lowest BCUT2D eigenvalue weighted by Gasteiger charge is -2.10. The van der Waals surface area contributed by atoms with Crippen molar-refractivity contribution < 1.29 is 14.0 Å². The molecule has 4 nitrogen and oxygen atoms in total. The maximum absolute atomic E-state index is 13.1. The van der Waals surface area contributed by atoms with Crippen LogP contribution in [0.5, 0.6) is 0 Å². The number of hydrogen-bond acceptors (Lipinski definition) is 2. The van der Waals surface area contributed by atoms with Crippen LogP contribution >= 0.6 is 73.9 Å². The van der Waals surface area contributed by atoms with E-state index in [9.17, 15) is 14.0 Å². The molecule has 4 rings (SSSR count). The number of carbonyl (C=O) groups excluding carboxylic acids is 2. The first-order chi connectivity index (χ1) is 16.0. The van der Waals surface area contributed by atoms with Crippen molar-refractivity contribution in [2.24, 2.45) is 5.92 Å². The topological polar surface area (TPSA) is 58.2 Å². The first-order valence-electron chi connectivity index (χ1n) is 9.68. The van der Waals surface area contributed by atoms with Gasteiger partial charge in [-0.2, -0.15) is 0 Å². The highest BCUT2D eigenvalue weighted by Gasteiger charge is 2.67. The second kappa shape index (κ2) is 9.84. The smallest absolute Gasteiger partial charge is 0.257 e. The van der Waals surface area contributed by atoms with Gasteiger partial charge in [-0.05, 0) is 76.1 Å². The van der Waals surface area contributed by atoms with Crippen molar-refractivity contribution in [1.82, 2.24) is 0 Å². The van der Waals surface area contributed by atoms with Crippen LogP contribution < -0.4 is 10.6 Å². The van der Waals surface area contributed by atoms with Crippen molar-refractivity contribution in [2.75, 3.05) is 10.6 Å². The van der Waals surface area contributed by atoms with Gasteiger partial charge in [-0.3, -0.25) is 9.59 Å². The average molecular weight is 626 g/mol. The number of benzene rings is 3. The van der Waals surface area contributed by atoms with Crippen LogP contribution in [0.4, 0.5) is 15.8 Å². The maximum atomic E-state index is 13.1. The summed E-state index contributed by atoms with van der Waals surface area (Å²) in [6.45, 7) is 0. The molecule has 0 bridgehead atoms. The number of alkyl halides is 2. The Kier molecular flexibility index (Phi) is 7.40. The van der Waals surface area contributed by atoms with Crippen LogP contribution in [-0.2, 0) is 4.79 Å². The predicted octanol–water partition coefficient (Wildman–Crippen LogP) is 8.33. The van der Waals surface area contributed by atoms with Crippen LogP contribution in [0.1, 0.15) is 21.8 Å². The predicted molar refractivity (Wildman–Crippen MR) is 139 cm³/mol. The molecule has 11 heteroatoms. The quantitative estimate of drug-likeness (QED) is 0.221. The molecule has 0 aliphatic heterocycles. The fourth-order valence-electron chi connectivity index (χ4n) is 3.55. The molecule has 0 heterocycles. The lowest BCUT2D eigenvalue weighted by molar-refractivity contribution is -0.117. The van der Waals surface area contributed by atoms with Gasteiger partial charge >= 0.3 is 0 Å². The van der Waals surface area contributed by atoms with E-state index in [1.165, 1.54) is 36.4 Å². The summed E-state index contributed by atoms with van der Waals surface area (Å²) in [4.78, 5) is 25.6. The van der Waals surface area contributed by atoms with Crippen molar-refractivity contribution in [3.05, 3.63) is 91.1 Å². The number of halogens is 7. The summed E-state index contributed by atoms with van der Waals surface area (Å²) in [7, 11) is 0. The van der Waals surface area contributed by atoms with Gasteiger partial charge in [-0.15, -0.1) is 23.2 Å². The molecule has 2 N–H and O–H groups in total. The number of anilines is 2. The van der Waals surface area contributed by atoms with E-state index in [-0.39, 0.29) is 10.6 Å². The van der Waals surface area contributed by atoms with E-state index < -0.39 is 33.8 Å². The van der Waals surface area contributed by atoms with Gasteiger partial charge < -0.3 is 10.6 Å². The summed E-state index contributed by atoms with van der Waals surface area (Å²) >= 11 is 34.7. The zero-order valence-electron chi connectivity index (χ0n) is 16.8. The lowest BCUT2D eigenvalue weighted by Crippen LogP contribution is -2.18. The van der Waals surface area contributed by atoms with E-state index in [0.717, 1.165) is 0 Å². The van der Waals surface area contributed by atoms with E-state index >= 15 is 0 Å². The van der Waals surface area contributed by atoms with E-state index in [1.807, 2.05) is 0 Å². The van der Waals surface area contributed by atoms with Crippen molar-refractivity contribution in [3.8, 4) is 0 Å². The highest BCUT2D eigenvalue weighted by Crippen LogP contribution is 2.65. The molecule has 34 heavy (non-hydrogen) atoms. The fourth-order valence-corrected chi connectivity index (χ4v) is 5.32. The molecule has 1 fully saturated rings. The molecule has 1 aliphatic carbocycles. The van der Waals surface area contributed by atoms with Crippen molar-refractivity contribution in [3.63, 3.8) is 0 Å². The number of hydrogen-bond donors (Lipinski definition) is 2. The molecular weight excluding hydrogens is 612 g/mol. The van der Waals surface area contributed by atoms with Crippen molar-refractivity contribution in [2.45, 2.75) is 10.3 Å². The number of amides is 2. The van der Waals surface area contributed by atoms with Crippen LogP contribution in [0.3, 0.4) is 0 Å². The monoisotopic (exact) mass is 622 g/mol. The normalized spacial score (nSPS) is 18.3. The highest BCUT2D eigenvalue weighted by molar-refractivity contribution is 9.10. The van der Waals surface area contributed by atoms with Gasteiger partial charge in [0.25, 0.3) is 5.91 Å². The molecule has 3 aromatic carbocycles. The Balaban J connectivity index is 1.51. The van der Waals surface area contributed by atoms with E-state index in [4.69, 9.17) is 58.0 Å². The Bertz CT molecular complexity index is 1280. The Labute approximate surface area is 227 Å². The van der Waals surface area contributed by atoms with Crippen LogP contribution in [0.15, 0.2) is 59.1 Å². The maximum Gasteiger partial charge on any atom is 0.257 e. The molecule has 2 unspecified atom stereocenters. The summed E-state index contributed by atoms with van der Waals surface area (Å²) in [6.07, 6.45) is 0. The third-order valence-electron chi connectivity index (χ3n) is 5.28. The van der Waals surface area contributed by atoms with Gasteiger partial charge in [-0.25, -0.2) is 4.39 Å². The lowest BCUT2D eigenvalue weighted by atomic mass is 10.1. The SMILES string of the molecule is O=C(Nc1ccc(F)cc1)c1cc(NC(=O)C2C(c3cc(Cl)c(Br)c(Cl)c3)C2(Cl)Cl)ccc1Cl. The first kappa shape index (κ1) is 25.5. The van der Waals surface area contributed by atoms with E-state index in [0.29, 0.717) is 31.5 Å². The minimum atomic E-state index is -1.36. The van der Waals surface area contributed by atoms with Gasteiger partial charge in [-0.1, -0.05) is 34.8 Å². The van der Waals surface area contributed by atoms with Crippen LogP contribution in [0.25, 0.3) is 0 Å². The summed E-state index contributed by atoms with van der Waals surface area (Å²) in [6, 6.07) is 13.0. The van der Waals surface area contributed by atoms with Gasteiger partial charge in [0.2, 0.25) is 5.91 Å². The zero-order valence-corrected chi connectivity index (χ0v) is 22.2. The molecular formula is C23H13BrCl5FN2O2. The molecule has 1 aliphatic rings. The fraction of sp³-hybridized carbons (Fsp3) is 0.130. The Morgan fingerprint density at radius 1 is 0.853 bits per heavy atom. The molecule has 0 saturated heterocycles. The average Bonchev–Trinajstić information content (AvgIpc) is 3.36. The zero-order chi connectivity index (χ0) is 24.8. The van der Waals surface area contributed by atoms with Crippen LogP contribution in [0.2, 0.25) is 15.1 Å². The number of carbonyl (C=O) groups is 2. The van der Waals surface area contributed by atoms with Gasteiger partial charge in [0, 0.05) is 17.3 Å². The Morgan fingerprint density at radius 2 is 1.44 bits per heavy atom. The Hall–Kier alpha value is -1.54. The summed E-state index contributed by atoms with van der Waals surface area (Å²) in [5, 5.41) is 6.25. The summed E-state index contributed by atoms with van der Waals surface area (Å²) in [5.74, 6) is -2.72. The van der Waals surface area contributed by atoms with E-state index in [2.05, 4.69) is 26.6 Å².